The number of ether oxygens (including phenoxy) is 1. The Kier molecular flexibility index (Phi) is 7.68. The van der Waals surface area contributed by atoms with Crippen molar-refractivity contribution in [3.8, 4) is 5.88 Å². The van der Waals surface area contributed by atoms with Gasteiger partial charge >= 0.3 is 0 Å². The molecule has 1 N–H and O–H groups in total. The van der Waals surface area contributed by atoms with E-state index >= 15 is 4.39 Å². The Hall–Kier alpha value is -4.25. The summed E-state index contributed by atoms with van der Waals surface area (Å²) >= 11 is 0. The van der Waals surface area contributed by atoms with Crippen LogP contribution in [0.4, 0.5) is 15.8 Å². The number of hydrogen-bond donors (Lipinski definition) is 1. The summed E-state index contributed by atoms with van der Waals surface area (Å²) in [5, 5.41) is 0.651. The predicted molar refractivity (Wildman–Crippen MR) is 159 cm³/mol. The molecule has 1 amide bonds. The molecule has 1 saturated carbocycles. The summed E-state index contributed by atoms with van der Waals surface area (Å²) in [5.74, 6) is -0.0735. The number of carbonyl (C=O) groups is 1. The van der Waals surface area contributed by atoms with E-state index in [4.69, 9.17) is 9.72 Å². The molecular formula is C31H32FN5O4S. The van der Waals surface area contributed by atoms with Crippen molar-refractivity contribution >= 4 is 38.2 Å². The van der Waals surface area contributed by atoms with Crippen LogP contribution in [-0.4, -0.2) is 62.5 Å². The monoisotopic (exact) mass is 589 g/mol. The lowest BCUT2D eigenvalue weighted by atomic mass is 10.0. The number of piperazine rings is 1. The number of fused-ring (bicyclic) bond motifs is 1. The number of methoxy groups -OCH3 is 1. The van der Waals surface area contributed by atoms with Crippen LogP contribution in [0.2, 0.25) is 0 Å². The molecular weight excluding hydrogens is 557 g/mol. The average Bonchev–Trinajstić information content (AvgIpc) is 3.56. The molecule has 3 heterocycles. The Labute approximate surface area is 244 Å². The summed E-state index contributed by atoms with van der Waals surface area (Å²) in [6, 6.07) is 16.2. The Morgan fingerprint density at radius 2 is 1.76 bits per heavy atom. The van der Waals surface area contributed by atoms with E-state index in [1.807, 2.05) is 0 Å². The third-order valence-corrected chi connectivity index (χ3v) is 9.48. The molecule has 42 heavy (non-hydrogen) atoms. The maximum atomic E-state index is 15.1. The Morgan fingerprint density at radius 3 is 2.50 bits per heavy atom. The number of aromatic nitrogens is 2. The first-order chi connectivity index (χ1) is 20.3. The fourth-order valence-corrected chi connectivity index (χ4v) is 7.09. The van der Waals surface area contributed by atoms with Gasteiger partial charge in [-0.3, -0.25) is 14.5 Å². The number of hydrogen-bond acceptors (Lipinski definition) is 7. The SMILES string of the molecule is COc1nc(C2CCCC2)ccc1N1CCN(C(=O)c2ccc(NS(=O)(=O)c3cccc4cccnc34)c(F)c2)CC1. The van der Waals surface area contributed by atoms with Gasteiger partial charge < -0.3 is 14.5 Å². The van der Waals surface area contributed by atoms with Crippen LogP contribution in [0.15, 0.2) is 71.8 Å². The van der Waals surface area contributed by atoms with E-state index < -0.39 is 15.8 Å². The molecule has 4 aromatic rings. The van der Waals surface area contributed by atoms with Gasteiger partial charge in [0.25, 0.3) is 15.9 Å². The van der Waals surface area contributed by atoms with Crippen LogP contribution in [0.5, 0.6) is 5.88 Å². The van der Waals surface area contributed by atoms with E-state index in [-0.39, 0.29) is 27.6 Å². The van der Waals surface area contributed by atoms with Crippen molar-refractivity contribution in [1.82, 2.24) is 14.9 Å². The smallest absolute Gasteiger partial charge is 0.264 e. The molecule has 1 aliphatic carbocycles. The molecule has 2 fully saturated rings. The first-order valence-electron chi connectivity index (χ1n) is 14.1. The number of nitrogens with zero attached hydrogens (tertiary/aromatic N) is 4. The third-order valence-electron chi connectivity index (χ3n) is 8.08. The number of carbonyl (C=O) groups excluding carboxylic acids is 1. The third kappa shape index (κ3) is 5.48. The van der Waals surface area contributed by atoms with E-state index in [0.29, 0.717) is 43.4 Å². The van der Waals surface area contributed by atoms with E-state index in [9.17, 15) is 13.2 Å². The zero-order valence-corrected chi connectivity index (χ0v) is 24.1. The highest BCUT2D eigenvalue weighted by molar-refractivity contribution is 7.93. The molecule has 11 heteroatoms. The maximum Gasteiger partial charge on any atom is 0.264 e. The number of sulfonamides is 1. The van der Waals surface area contributed by atoms with E-state index in [1.54, 1.807) is 36.3 Å². The molecule has 0 unspecified atom stereocenters. The van der Waals surface area contributed by atoms with Crippen molar-refractivity contribution in [3.05, 3.63) is 83.9 Å². The summed E-state index contributed by atoms with van der Waals surface area (Å²) in [4.78, 5) is 26.0. The van der Waals surface area contributed by atoms with Crippen molar-refractivity contribution in [2.24, 2.45) is 0 Å². The van der Waals surface area contributed by atoms with Gasteiger partial charge in [0.2, 0.25) is 5.88 Å². The minimum absolute atomic E-state index is 0.0574. The lowest BCUT2D eigenvalue weighted by molar-refractivity contribution is 0.0746. The highest BCUT2D eigenvalue weighted by Gasteiger charge is 2.27. The summed E-state index contributed by atoms with van der Waals surface area (Å²) < 4.78 is 49.2. The molecule has 6 rings (SSSR count). The second-order valence-electron chi connectivity index (χ2n) is 10.7. The zero-order valence-electron chi connectivity index (χ0n) is 23.3. The van der Waals surface area contributed by atoms with Gasteiger partial charge in [0.1, 0.15) is 10.7 Å². The molecule has 1 aliphatic heterocycles. The molecule has 2 aromatic heterocycles. The van der Waals surface area contributed by atoms with Crippen molar-refractivity contribution in [2.75, 3.05) is 42.9 Å². The second kappa shape index (κ2) is 11.6. The summed E-state index contributed by atoms with van der Waals surface area (Å²) in [7, 11) is -2.50. The van der Waals surface area contributed by atoms with Gasteiger partial charge in [-0.15, -0.1) is 0 Å². The number of pyridine rings is 2. The number of rotatable bonds is 7. The lowest BCUT2D eigenvalue weighted by Crippen LogP contribution is -2.49. The molecule has 9 nitrogen and oxygen atoms in total. The van der Waals surface area contributed by atoms with Gasteiger partial charge in [-0.05, 0) is 55.3 Å². The number of benzene rings is 2. The highest BCUT2D eigenvalue weighted by atomic mass is 32.2. The Bertz CT molecular complexity index is 1730. The summed E-state index contributed by atoms with van der Waals surface area (Å²) in [6.45, 7) is 2.03. The van der Waals surface area contributed by atoms with Gasteiger partial charge in [0.05, 0.1) is 24.0 Å². The van der Waals surface area contributed by atoms with Gasteiger partial charge in [0.15, 0.2) is 0 Å². The minimum atomic E-state index is -4.13. The molecule has 1 saturated heterocycles. The van der Waals surface area contributed by atoms with Crippen LogP contribution in [-0.2, 0) is 10.0 Å². The summed E-state index contributed by atoms with van der Waals surface area (Å²) in [5.41, 5.74) is 2.16. The van der Waals surface area contributed by atoms with E-state index in [2.05, 4.69) is 26.7 Å². The molecule has 218 valence electrons. The second-order valence-corrected chi connectivity index (χ2v) is 12.3. The number of anilines is 2. The maximum absolute atomic E-state index is 15.1. The quantitative estimate of drug-likeness (QED) is 0.316. The van der Waals surface area contributed by atoms with Crippen LogP contribution in [0, 0.1) is 5.82 Å². The van der Waals surface area contributed by atoms with Crippen LogP contribution in [0.1, 0.15) is 47.7 Å². The number of halogens is 1. The predicted octanol–water partition coefficient (Wildman–Crippen LogP) is 5.20. The molecule has 0 spiro atoms. The number of nitrogens with one attached hydrogen (secondary N) is 1. The zero-order chi connectivity index (χ0) is 29.3. The number of para-hydroxylation sites is 1. The number of amides is 1. The van der Waals surface area contributed by atoms with Gasteiger partial charge in [0, 0.05) is 54.9 Å². The van der Waals surface area contributed by atoms with E-state index in [1.165, 1.54) is 37.2 Å². The molecule has 0 radical (unpaired) electrons. The van der Waals surface area contributed by atoms with Crippen LogP contribution < -0.4 is 14.4 Å². The normalized spacial score (nSPS) is 16.1. The fraction of sp³-hybridized carbons (Fsp3) is 0.323. The summed E-state index contributed by atoms with van der Waals surface area (Å²) in [6.07, 6.45) is 6.29. The van der Waals surface area contributed by atoms with E-state index in [0.717, 1.165) is 30.3 Å². The first-order valence-corrected chi connectivity index (χ1v) is 15.6. The molecule has 0 atom stereocenters. The standard InChI is InChI=1S/C31H32FN5O4S/c1-41-30-27(14-13-25(34-30)21-6-2-3-7-21)36-16-18-37(19-17-36)31(38)23-11-12-26(24(32)20-23)35-42(39,40)28-10-4-8-22-9-5-15-33-29(22)28/h4-5,8-15,20-21,35H,2-3,6-7,16-19H2,1H3. The average molecular weight is 590 g/mol. The minimum Gasteiger partial charge on any atom is -0.480 e. The van der Waals surface area contributed by atoms with Crippen molar-refractivity contribution in [3.63, 3.8) is 0 Å². The Balaban J connectivity index is 1.12. The van der Waals surface area contributed by atoms with Gasteiger partial charge in [-0.1, -0.05) is 31.0 Å². The Morgan fingerprint density at radius 1 is 1.00 bits per heavy atom. The largest absolute Gasteiger partial charge is 0.480 e. The first kappa shape index (κ1) is 27.9. The topological polar surface area (TPSA) is 105 Å². The van der Waals surface area contributed by atoms with Crippen molar-refractivity contribution < 1.29 is 22.3 Å². The van der Waals surface area contributed by atoms with Crippen molar-refractivity contribution in [2.45, 2.75) is 36.5 Å². The fourth-order valence-electron chi connectivity index (χ4n) is 5.84. The molecule has 0 bridgehead atoms. The molecule has 2 aliphatic rings. The van der Waals surface area contributed by atoms with Crippen molar-refractivity contribution in [1.29, 1.82) is 0 Å². The highest BCUT2D eigenvalue weighted by Crippen LogP contribution is 2.36. The van der Waals surface area contributed by atoms with Gasteiger partial charge in [-0.25, -0.2) is 17.8 Å². The van der Waals surface area contributed by atoms with Crippen LogP contribution >= 0.6 is 0 Å². The van der Waals surface area contributed by atoms with Crippen LogP contribution in [0.25, 0.3) is 10.9 Å². The van der Waals surface area contributed by atoms with Gasteiger partial charge in [-0.2, -0.15) is 0 Å². The lowest BCUT2D eigenvalue weighted by Gasteiger charge is -2.36. The van der Waals surface area contributed by atoms with Crippen LogP contribution in [0.3, 0.4) is 0 Å². The molecule has 2 aromatic carbocycles.